The van der Waals surface area contributed by atoms with E-state index in [-0.39, 0.29) is 23.7 Å². The van der Waals surface area contributed by atoms with Gasteiger partial charge < -0.3 is 9.52 Å². The topological polar surface area (TPSA) is 80.4 Å². The van der Waals surface area contributed by atoms with Crippen molar-refractivity contribution in [3.8, 4) is 10.4 Å². The molecule has 2 aromatic heterocycles. The predicted molar refractivity (Wildman–Crippen MR) is 104 cm³/mol. The SMILES string of the molecule is O=C(Cc1csc(-c2ccc(Cl)cc2)c1C(=O)O)c1nc2ccccc2o1. The summed E-state index contributed by atoms with van der Waals surface area (Å²) in [7, 11) is 0. The minimum absolute atomic E-state index is 0.0215. The molecular formula is C20H12ClNO4S. The fraction of sp³-hybridized carbons (Fsp3) is 0.0500. The number of fused-ring (bicyclic) bond motifs is 1. The number of hydrogen-bond acceptors (Lipinski definition) is 5. The zero-order chi connectivity index (χ0) is 19.0. The highest BCUT2D eigenvalue weighted by atomic mass is 35.5. The molecule has 134 valence electrons. The maximum absolute atomic E-state index is 12.6. The summed E-state index contributed by atoms with van der Waals surface area (Å²) in [6, 6.07) is 14.0. The quantitative estimate of drug-likeness (QED) is 0.460. The molecule has 0 aliphatic rings. The van der Waals surface area contributed by atoms with Crippen LogP contribution in [0.2, 0.25) is 5.02 Å². The first-order valence-electron chi connectivity index (χ1n) is 8.01. The third kappa shape index (κ3) is 3.37. The fourth-order valence-corrected chi connectivity index (χ4v) is 4.01. The van der Waals surface area contributed by atoms with E-state index in [9.17, 15) is 14.7 Å². The lowest BCUT2D eigenvalue weighted by Gasteiger charge is -2.03. The highest BCUT2D eigenvalue weighted by Crippen LogP contribution is 2.34. The Bertz CT molecular complexity index is 1130. The number of nitrogens with zero attached hydrogens (tertiary/aromatic N) is 1. The van der Waals surface area contributed by atoms with Gasteiger partial charge in [-0.2, -0.15) is 0 Å². The number of hydrogen-bond donors (Lipinski definition) is 1. The number of carbonyl (C=O) groups excluding carboxylic acids is 1. The number of aromatic carboxylic acids is 1. The molecule has 0 saturated heterocycles. The van der Waals surface area contributed by atoms with Crippen LogP contribution in [0, 0.1) is 0 Å². The Balaban J connectivity index is 1.68. The number of ketones is 1. The van der Waals surface area contributed by atoms with Crippen LogP contribution in [0.5, 0.6) is 0 Å². The van der Waals surface area contributed by atoms with Gasteiger partial charge in [0.1, 0.15) is 5.52 Å². The van der Waals surface area contributed by atoms with Crippen LogP contribution in [0.15, 0.2) is 58.3 Å². The second-order valence-electron chi connectivity index (χ2n) is 5.86. The van der Waals surface area contributed by atoms with Crippen molar-refractivity contribution in [3.63, 3.8) is 0 Å². The minimum Gasteiger partial charge on any atom is -0.478 e. The molecule has 1 N–H and O–H groups in total. The number of benzene rings is 2. The highest BCUT2D eigenvalue weighted by molar-refractivity contribution is 7.14. The first kappa shape index (κ1) is 17.5. The molecule has 0 aliphatic heterocycles. The van der Waals surface area contributed by atoms with Crippen LogP contribution in [-0.4, -0.2) is 21.8 Å². The lowest BCUT2D eigenvalue weighted by Crippen LogP contribution is -2.08. The average Bonchev–Trinajstić information content (AvgIpc) is 3.26. The van der Waals surface area contributed by atoms with Crippen LogP contribution in [0.1, 0.15) is 26.6 Å². The third-order valence-electron chi connectivity index (χ3n) is 4.07. The number of Topliss-reactive ketones (excluding diaryl/α,β-unsaturated/α-hetero) is 1. The van der Waals surface area contributed by atoms with E-state index in [0.717, 1.165) is 5.56 Å². The monoisotopic (exact) mass is 397 g/mol. The first-order chi connectivity index (χ1) is 13.0. The average molecular weight is 398 g/mol. The van der Waals surface area contributed by atoms with Gasteiger partial charge in [-0.15, -0.1) is 11.3 Å². The normalized spacial score (nSPS) is 11.0. The summed E-state index contributed by atoms with van der Waals surface area (Å²) in [4.78, 5) is 29.2. The lowest BCUT2D eigenvalue weighted by molar-refractivity contribution is 0.0697. The van der Waals surface area contributed by atoms with E-state index in [4.69, 9.17) is 16.0 Å². The summed E-state index contributed by atoms with van der Waals surface area (Å²) >= 11 is 7.18. The van der Waals surface area contributed by atoms with Crippen LogP contribution < -0.4 is 0 Å². The van der Waals surface area contributed by atoms with Crippen molar-refractivity contribution in [1.82, 2.24) is 4.98 Å². The number of carbonyl (C=O) groups is 2. The van der Waals surface area contributed by atoms with Crippen molar-refractivity contribution in [3.05, 3.63) is 76.0 Å². The van der Waals surface area contributed by atoms with Crippen LogP contribution in [-0.2, 0) is 6.42 Å². The van der Waals surface area contributed by atoms with Gasteiger partial charge in [-0.25, -0.2) is 9.78 Å². The Morgan fingerprint density at radius 3 is 2.56 bits per heavy atom. The molecule has 5 nitrogen and oxygen atoms in total. The molecule has 0 bridgehead atoms. The third-order valence-corrected chi connectivity index (χ3v) is 5.40. The smallest absolute Gasteiger partial charge is 0.337 e. The van der Waals surface area contributed by atoms with Crippen LogP contribution in [0.4, 0.5) is 0 Å². The van der Waals surface area contributed by atoms with Crippen molar-refractivity contribution in [2.45, 2.75) is 6.42 Å². The van der Waals surface area contributed by atoms with Crippen molar-refractivity contribution in [2.75, 3.05) is 0 Å². The minimum atomic E-state index is -1.08. The largest absolute Gasteiger partial charge is 0.478 e. The summed E-state index contributed by atoms with van der Waals surface area (Å²) in [6.45, 7) is 0. The molecular weight excluding hydrogens is 386 g/mol. The maximum atomic E-state index is 12.6. The number of rotatable bonds is 5. The van der Waals surface area contributed by atoms with E-state index in [0.29, 0.717) is 26.6 Å². The van der Waals surface area contributed by atoms with E-state index in [2.05, 4.69) is 4.98 Å². The summed E-state index contributed by atoms with van der Waals surface area (Å²) in [5.41, 5.74) is 2.40. The number of thiophene rings is 1. The summed E-state index contributed by atoms with van der Waals surface area (Å²) < 4.78 is 5.49. The van der Waals surface area contributed by atoms with Crippen molar-refractivity contribution < 1.29 is 19.1 Å². The van der Waals surface area contributed by atoms with Crippen LogP contribution >= 0.6 is 22.9 Å². The van der Waals surface area contributed by atoms with Crippen molar-refractivity contribution >= 4 is 45.8 Å². The molecule has 0 spiro atoms. The predicted octanol–water partition coefficient (Wildman–Crippen LogP) is 5.33. The molecule has 0 fully saturated rings. The van der Waals surface area contributed by atoms with E-state index >= 15 is 0 Å². The summed E-state index contributed by atoms with van der Waals surface area (Å²) in [5.74, 6) is -1.47. The van der Waals surface area contributed by atoms with Crippen molar-refractivity contribution in [1.29, 1.82) is 0 Å². The number of para-hydroxylation sites is 2. The van der Waals surface area contributed by atoms with Crippen LogP contribution in [0.25, 0.3) is 21.5 Å². The molecule has 2 aromatic carbocycles. The van der Waals surface area contributed by atoms with Gasteiger partial charge in [-0.3, -0.25) is 4.79 Å². The fourth-order valence-electron chi connectivity index (χ4n) is 2.81. The molecule has 0 saturated carbocycles. The molecule has 0 radical (unpaired) electrons. The lowest BCUT2D eigenvalue weighted by atomic mass is 10.0. The number of carboxylic acids is 1. The van der Waals surface area contributed by atoms with Crippen molar-refractivity contribution in [2.24, 2.45) is 0 Å². The van der Waals surface area contributed by atoms with Gasteiger partial charge in [0.2, 0.25) is 5.78 Å². The molecule has 0 aliphatic carbocycles. The molecule has 0 unspecified atom stereocenters. The Hall–Kier alpha value is -2.96. The zero-order valence-electron chi connectivity index (χ0n) is 13.8. The van der Waals surface area contributed by atoms with Gasteiger partial charge >= 0.3 is 5.97 Å². The number of aromatic nitrogens is 1. The number of oxazole rings is 1. The standard InChI is InChI=1S/C20H12ClNO4S/c21-13-7-5-11(6-8-13)18-17(20(24)25)12(10-27-18)9-15(23)19-22-14-3-1-2-4-16(14)26-19/h1-8,10H,9H2,(H,24,25). The molecule has 0 amide bonds. The number of carboxylic acid groups (broad SMARTS) is 1. The molecule has 2 heterocycles. The zero-order valence-corrected chi connectivity index (χ0v) is 15.4. The highest BCUT2D eigenvalue weighted by Gasteiger charge is 2.23. The van der Waals surface area contributed by atoms with Gasteiger partial charge in [-0.05, 0) is 40.8 Å². The Kier molecular flexibility index (Phi) is 4.51. The molecule has 7 heteroatoms. The Labute approximate surface area is 162 Å². The van der Waals surface area contributed by atoms with E-state index in [1.54, 1.807) is 53.9 Å². The maximum Gasteiger partial charge on any atom is 0.337 e. The second kappa shape index (κ2) is 6.98. The van der Waals surface area contributed by atoms with E-state index in [1.165, 1.54) is 11.3 Å². The number of halogens is 1. The van der Waals surface area contributed by atoms with Gasteiger partial charge in [0.05, 0.1) is 5.56 Å². The summed E-state index contributed by atoms with van der Waals surface area (Å²) in [6.07, 6.45) is -0.0987. The molecule has 27 heavy (non-hydrogen) atoms. The van der Waals surface area contributed by atoms with Crippen LogP contribution in [0.3, 0.4) is 0 Å². The van der Waals surface area contributed by atoms with Gasteiger partial charge in [0.25, 0.3) is 5.89 Å². The van der Waals surface area contributed by atoms with E-state index < -0.39 is 5.97 Å². The summed E-state index contributed by atoms with van der Waals surface area (Å²) in [5, 5.41) is 11.9. The Morgan fingerprint density at radius 1 is 1.11 bits per heavy atom. The first-order valence-corrected chi connectivity index (χ1v) is 9.27. The second-order valence-corrected chi connectivity index (χ2v) is 7.18. The van der Waals surface area contributed by atoms with Gasteiger partial charge in [0, 0.05) is 16.3 Å². The van der Waals surface area contributed by atoms with Gasteiger partial charge in [0.15, 0.2) is 5.58 Å². The van der Waals surface area contributed by atoms with E-state index in [1.807, 2.05) is 0 Å². The van der Waals surface area contributed by atoms with Gasteiger partial charge in [-0.1, -0.05) is 35.9 Å². The molecule has 4 aromatic rings. The Morgan fingerprint density at radius 2 is 1.85 bits per heavy atom. The molecule has 4 rings (SSSR count). The molecule has 0 atom stereocenters.